The normalized spacial score (nSPS) is 26.4. The van der Waals surface area contributed by atoms with Crippen LogP contribution in [0.3, 0.4) is 0 Å². The van der Waals surface area contributed by atoms with Gasteiger partial charge in [-0.3, -0.25) is 4.79 Å². The van der Waals surface area contributed by atoms with Crippen LogP contribution in [0, 0.1) is 11.8 Å². The Hall–Kier alpha value is -2.37. The number of fused-ring (bicyclic) bond motifs is 4. The molecule has 4 atom stereocenters. The van der Waals surface area contributed by atoms with Gasteiger partial charge in [-0.2, -0.15) is 0 Å². The molecule has 2 aromatic carbocycles. The van der Waals surface area contributed by atoms with E-state index in [1.54, 1.807) is 7.11 Å². The Labute approximate surface area is 164 Å². The van der Waals surface area contributed by atoms with Crippen molar-refractivity contribution in [2.45, 2.75) is 25.0 Å². The molecule has 5 nitrogen and oxygen atoms in total. The fraction of sp³-hybridized carbons (Fsp3) is 0.435. The van der Waals surface area contributed by atoms with Gasteiger partial charge in [0.15, 0.2) is 0 Å². The highest BCUT2D eigenvalue weighted by Gasteiger charge is 2.54. The van der Waals surface area contributed by atoms with Crippen molar-refractivity contribution in [1.82, 2.24) is 9.88 Å². The lowest BCUT2D eigenvalue weighted by molar-refractivity contribution is -0.129. The summed E-state index contributed by atoms with van der Waals surface area (Å²) in [5.74, 6) is 0.780. The fourth-order valence-corrected chi connectivity index (χ4v) is 5.18. The Morgan fingerprint density at radius 2 is 2.04 bits per heavy atom. The van der Waals surface area contributed by atoms with E-state index >= 15 is 0 Å². The summed E-state index contributed by atoms with van der Waals surface area (Å²) in [6, 6.07) is 14.9. The zero-order valence-electron chi connectivity index (χ0n) is 16.4. The monoisotopic (exact) mass is 378 g/mol. The number of rotatable bonds is 5. The van der Waals surface area contributed by atoms with Crippen LogP contribution in [0.2, 0.25) is 0 Å². The van der Waals surface area contributed by atoms with E-state index in [-0.39, 0.29) is 24.0 Å². The first-order chi connectivity index (χ1) is 13.7. The van der Waals surface area contributed by atoms with Crippen LogP contribution in [0.15, 0.2) is 42.5 Å². The lowest BCUT2D eigenvalue weighted by Crippen LogP contribution is -2.62. The highest BCUT2D eigenvalue weighted by atomic mass is 16.5. The maximum atomic E-state index is 12.8. The first kappa shape index (κ1) is 17.7. The Bertz CT molecular complexity index is 1040. The number of ether oxygens (including phenoxy) is 2. The number of hydrogen-bond acceptors (Lipinski definition) is 3. The predicted molar refractivity (Wildman–Crippen MR) is 109 cm³/mol. The molecule has 1 aromatic heterocycles. The summed E-state index contributed by atoms with van der Waals surface area (Å²) in [5.41, 5.74) is 3.45. The van der Waals surface area contributed by atoms with Crippen LogP contribution >= 0.6 is 0 Å². The Kier molecular flexibility index (Phi) is 4.37. The Morgan fingerprint density at radius 3 is 2.89 bits per heavy atom. The molecule has 4 unspecified atom stereocenters. The van der Waals surface area contributed by atoms with Crippen LogP contribution in [0.5, 0.6) is 0 Å². The third-order valence-corrected chi connectivity index (χ3v) is 6.56. The standard InChI is InChI=1S/C23H26N2O3/c1-25-19-6-4-3-5-15(19)17-11-14(7-8-20(17)25)12-21(26)24-22-16-9-10-28-23(16)18(22)13-27-2/h3-8,11,16,18,22-23H,9-10,12-13H2,1-2H3,(H,24,26). The molecule has 1 aliphatic carbocycles. The number of hydrogen-bond donors (Lipinski definition) is 1. The summed E-state index contributed by atoms with van der Waals surface area (Å²) in [6.07, 6.45) is 1.67. The minimum absolute atomic E-state index is 0.0797. The number of nitrogens with one attached hydrogen (secondary N) is 1. The van der Waals surface area contributed by atoms with Crippen LogP contribution in [-0.2, 0) is 27.7 Å². The highest BCUT2D eigenvalue weighted by Crippen LogP contribution is 2.43. The van der Waals surface area contributed by atoms with Gasteiger partial charge in [0.1, 0.15) is 0 Å². The number of aryl methyl sites for hydroxylation is 1. The maximum absolute atomic E-state index is 12.8. The first-order valence-corrected chi connectivity index (χ1v) is 10.0. The second-order valence-electron chi connectivity index (χ2n) is 8.10. The molecule has 1 N–H and O–H groups in total. The van der Waals surface area contributed by atoms with Crippen molar-refractivity contribution in [3.05, 3.63) is 48.0 Å². The van der Waals surface area contributed by atoms with Crippen molar-refractivity contribution in [1.29, 1.82) is 0 Å². The summed E-state index contributed by atoms with van der Waals surface area (Å²) in [7, 11) is 3.80. The molecule has 5 rings (SSSR count). The number of amides is 1. The van der Waals surface area contributed by atoms with Gasteiger partial charge in [0.05, 0.1) is 19.1 Å². The van der Waals surface area contributed by atoms with Gasteiger partial charge in [-0.1, -0.05) is 24.3 Å². The average molecular weight is 378 g/mol. The largest absolute Gasteiger partial charge is 0.384 e. The van der Waals surface area contributed by atoms with Gasteiger partial charge >= 0.3 is 0 Å². The number of carbonyl (C=O) groups is 1. The molecular weight excluding hydrogens is 352 g/mol. The van der Waals surface area contributed by atoms with E-state index in [2.05, 4.69) is 59.4 Å². The molecule has 1 amide bonds. The van der Waals surface area contributed by atoms with E-state index < -0.39 is 0 Å². The van der Waals surface area contributed by atoms with Gasteiger partial charge in [-0.25, -0.2) is 0 Å². The quantitative estimate of drug-likeness (QED) is 0.742. The molecule has 1 aliphatic heterocycles. The molecule has 5 heteroatoms. The van der Waals surface area contributed by atoms with Gasteiger partial charge in [-0.05, 0) is 30.2 Å². The summed E-state index contributed by atoms with van der Waals surface area (Å²) in [6.45, 7) is 1.42. The second-order valence-corrected chi connectivity index (χ2v) is 8.10. The Morgan fingerprint density at radius 1 is 1.21 bits per heavy atom. The van der Waals surface area contributed by atoms with Crippen LogP contribution in [0.4, 0.5) is 0 Å². The first-order valence-electron chi connectivity index (χ1n) is 10.0. The molecule has 3 aromatic rings. The van der Waals surface area contributed by atoms with E-state index in [0.717, 1.165) is 18.6 Å². The molecule has 146 valence electrons. The van der Waals surface area contributed by atoms with E-state index in [0.29, 0.717) is 18.9 Å². The molecule has 0 spiro atoms. The highest BCUT2D eigenvalue weighted by molar-refractivity contribution is 6.08. The van der Waals surface area contributed by atoms with Crippen molar-refractivity contribution in [3.8, 4) is 0 Å². The number of methoxy groups -OCH3 is 1. The molecular formula is C23H26N2O3. The van der Waals surface area contributed by atoms with Crippen LogP contribution in [-0.4, -0.2) is 42.9 Å². The minimum atomic E-state index is 0.0797. The zero-order chi connectivity index (χ0) is 19.3. The van der Waals surface area contributed by atoms with Crippen LogP contribution < -0.4 is 5.32 Å². The van der Waals surface area contributed by atoms with E-state index in [9.17, 15) is 4.79 Å². The number of carbonyl (C=O) groups excluding carboxylic acids is 1. The maximum Gasteiger partial charge on any atom is 0.224 e. The second kappa shape index (κ2) is 6.90. The topological polar surface area (TPSA) is 52.5 Å². The van der Waals surface area contributed by atoms with Crippen LogP contribution in [0.25, 0.3) is 21.8 Å². The zero-order valence-corrected chi connectivity index (χ0v) is 16.4. The van der Waals surface area contributed by atoms with Gasteiger partial charge < -0.3 is 19.4 Å². The molecule has 0 radical (unpaired) electrons. The molecule has 2 fully saturated rings. The number of para-hydroxylation sites is 1. The van der Waals surface area contributed by atoms with Crippen molar-refractivity contribution in [2.75, 3.05) is 20.3 Å². The van der Waals surface area contributed by atoms with E-state index in [1.807, 2.05) is 0 Å². The molecule has 1 saturated carbocycles. The fourth-order valence-electron chi connectivity index (χ4n) is 5.18. The van der Waals surface area contributed by atoms with Gasteiger partial charge in [0, 0.05) is 60.4 Å². The molecule has 2 aliphatic rings. The summed E-state index contributed by atoms with van der Waals surface area (Å²) < 4.78 is 13.4. The molecule has 2 heterocycles. The summed E-state index contributed by atoms with van der Waals surface area (Å²) in [4.78, 5) is 12.8. The SMILES string of the molecule is COCC1C(NC(=O)Cc2ccc3c(c2)c2ccccc2n3C)C2CCOC21. The van der Waals surface area contributed by atoms with Crippen molar-refractivity contribution in [2.24, 2.45) is 18.9 Å². The van der Waals surface area contributed by atoms with Gasteiger partial charge in [0.25, 0.3) is 0 Å². The van der Waals surface area contributed by atoms with Crippen molar-refractivity contribution in [3.63, 3.8) is 0 Å². The average Bonchev–Trinajstić information content (AvgIpc) is 3.25. The van der Waals surface area contributed by atoms with Crippen molar-refractivity contribution >= 4 is 27.7 Å². The minimum Gasteiger partial charge on any atom is -0.384 e. The molecule has 0 bridgehead atoms. The third-order valence-electron chi connectivity index (χ3n) is 6.56. The summed E-state index contributed by atoms with van der Waals surface area (Å²) in [5, 5.41) is 5.69. The molecule has 1 saturated heterocycles. The van der Waals surface area contributed by atoms with Gasteiger partial charge in [0.2, 0.25) is 5.91 Å². The smallest absolute Gasteiger partial charge is 0.224 e. The lowest BCUT2D eigenvalue weighted by Gasteiger charge is -2.47. The predicted octanol–water partition coefficient (Wildman–Crippen LogP) is 3.04. The third kappa shape index (κ3) is 2.73. The summed E-state index contributed by atoms with van der Waals surface area (Å²) >= 11 is 0. The number of benzene rings is 2. The Balaban J connectivity index is 1.35. The number of nitrogens with zero attached hydrogens (tertiary/aromatic N) is 1. The lowest BCUT2D eigenvalue weighted by atomic mass is 9.67. The number of aromatic nitrogens is 1. The van der Waals surface area contributed by atoms with E-state index in [1.165, 1.54) is 21.8 Å². The van der Waals surface area contributed by atoms with Crippen molar-refractivity contribution < 1.29 is 14.3 Å². The van der Waals surface area contributed by atoms with Gasteiger partial charge in [-0.15, -0.1) is 0 Å². The van der Waals surface area contributed by atoms with Crippen LogP contribution in [0.1, 0.15) is 12.0 Å². The van der Waals surface area contributed by atoms with E-state index in [4.69, 9.17) is 9.47 Å². The molecule has 28 heavy (non-hydrogen) atoms.